The molecule has 1 atom stereocenters. The molecule has 96 valence electrons. The molecule has 7 heteroatoms. The summed E-state index contributed by atoms with van der Waals surface area (Å²) in [4.78, 5) is 27.9. The largest absolute Gasteiger partial charge is 0.476 e. The molecular formula is C11H12ClN3O3. The maximum Gasteiger partial charge on any atom is 0.356 e. The third kappa shape index (κ3) is 2.24. The van der Waals surface area contributed by atoms with Gasteiger partial charge in [0.2, 0.25) is 5.91 Å². The van der Waals surface area contributed by atoms with Gasteiger partial charge >= 0.3 is 5.97 Å². The first-order chi connectivity index (χ1) is 8.50. The van der Waals surface area contributed by atoms with E-state index in [0.29, 0.717) is 18.8 Å². The average molecular weight is 270 g/mol. The monoisotopic (exact) mass is 269 g/mol. The fourth-order valence-corrected chi connectivity index (χ4v) is 2.26. The number of carboxylic acid groups (broad SMARTS) is 1. The van der Waals surface area contributed by atoms with E-state index in [1.807, 2.05) is 0 Å². The molecule has 1 unspecified atom stereocenters. The van der Waals surface area contributed by atoms with Crippen molar-refractivity contribution in [3.8, 4) is 0 Å². The Bertz CT molecular complexity index is 506. The van der Waals surface area contributed by atoms with Crippen molar-refractivity contribution >= 4 is 29.3 Å². The Balaban J connectivity index is 2.36. The zero-order valence-corrected chi connectivity index (χ0v) is 10.2. The normalized spacial score (nSPS) is 18.9. The number of anilines is 1. The number of hydrogen-bond donors (Lipinski definition) is 2. The van der Waals surface area contributed by atoms with E-state index in [1.54, 1.807) is 11.0 Å². The summed E-state index contributed by atoms with van der Waals surface area (Å²) in [6.07, 6.45) is 1.47. The number of nitrogens with two attached hydrogens (primary N) is 1. The van der Waals surface area contributed by atoms with Crippen LogP contribution >= 0.6 is 11.6 Å². The van der Waals surface area contributed by atoms with Crippen molar-refractivity contribution in [1.82, 2.24) is 4.98 Å². The lowest BCUT2D eigenvalue weighted by molar-refractivity contribution is -0.119. The minimum Gasteiger partial charge on any atom is -0.476 e. The lowest BCUT2D eigenvalue weighted by Crippen LogP contribution is -2.40. The van der Waals surface area contributed by atoms with Crippen LogP contribution < -0.4 is 10.6 Å². The Morgan fingerprint density at radius 1 is 1.50 bits per heavy atom. The summed E-state index contributed by atoms with van der Waals surface area (Å²) in [5.41, 5.74) is 5.08. The molecule has 1 aliphatic heterocycles. The molecule has 0 aromatic carbocycles. The average Bonchev–Trinajstić information content (AvgIpc) is 2.78. The fourth-order valence-electron chi connectivity index (χ4n) is 2.08. The summed E-state index contributed by atoms with van der Waals surface area (Å²) in [6.45, 7) is 0.626. The number of carboxylic acids is 1. The Hall–Kier alpha value is -1.82. The maximum absolute atomic E-state index is 11.3. The van der Waals surface area contributed by atoms with Crippen molar-refractivity contribution < 1.29 is 14.7 Å². The molecule has 0 spiro atoms. The second-order valence-electron chi connectivity index (χ2n) is 4.06. The quantitative estimate of drug-likeness (QED) is 0.849. The van der Waals surface area contributed by atoms with Crippen molar-refractivity contribution in [2.45, 2.75) is 18.9 Å². The van der Waals surface area contributed by atoms with Gasteiger partial charge in [0.1, 0.15) is 11.9 Å². The van der Waals surface area contributed by atoms with E-state index in [2.05, 4.69) is 4.98 Å². The van der Waals surface area contributed by atoms with Crippen molar-refractivity contribution in [3.05, 3.63) is 22.8 Å². The van der Waals surface area contributed by atoms with Gasteiger partial charge in [-0.25, -0.2) is 9.78 Å². The molecule has 6 nitrogen and oxygen atoms in total. The van der Waals surface area contributed by atoms with E-state index in [1.165, 1.54) is 6.07 Å². The summed E-state index contributed by atoms with van der Waals surface area (Å²) >= 11 is 5.74. The van der Waals surface area contributed by atoms with E-state index < -0.39 is 17.9 Å². The Kier molecular flexibility index (Phi) is 3.38. The molecule has 1 saturated heterocycles. The predicted molar refractivity (Wildman–Crippen MR) is 65.8 cm³/mol. The molecule has 1 aromatic heterocycles. The van der Waals surface area contributed by atoms with Gasteiger partial charge in [0, 0.05) is 6.54 Å². The van der Waals surface area contributed by atoms with Gasteiger partial charge in [0.05, 0.1) is 5.02 Å². The molecule has 2 heterocycles. The van der Waals surface area contributed by atoms with Crippen molar-refractivity contribution in [1.29, 1.82) is 0 Å². The molecule has 0 saturated carbocycles. The lowest BCUT2D eigenvalue weighted by atomic mass is 10.2. The minimum atomic E-state index is -1.20. The molecule has 2 rings (SSSR count). The molecule has 18 heavy (non-hydrogen) atoms. The highest BCUT2D eigenvalue weighted by Crippen LogP contribution is 2.26. The van der Waals surface area contributed by atoms with Crippen LogP contribution in [0.15, 0.2) is 12.1 Å². The molecule has 0 bridgehead atoms. The number of amides is 1. The first-order valence-electron chi connectivity index (χ1n) is 5.46. The van der Waals surface area contributed by atoms with E-state index in [4.69, 9.17) is 22.4 Å². The second kappa shape index (κ2) is 4.81. The van der Waals surface area contributed by atoms with Gasteiger partial charge in [0.15, 0.2) is 5.69 Å². The van der Waals surface area contributed by atoms with E-state index in [9.17, 15) is 9.59 Å². The molecule has 3 N–H and O–H groups in total. The van der Waals surface area contributed by atoms with Crippen LogP contribution in [-0.2, 0) is 4.79 Å². The van der Waals surface area contributed by atoms with Crippen LogP contribution in [0.2, 0.25) is 5.02 Å². The molecular weight excluding hydrogens is 258 g/mol. The molecule has 1 fully saturated rings. The number of halogens is 1. The van der Waals surface area contributed by atoms with Gasteiger partial charge in [-0.3, -0.25) is 4.79 Å². The summed E-state index contributed by atoms with van der Waals surface area (Å²) in [6, 6.07) is 2.63. The number of hydrogen-bond acceptors (Lipinski definition) is 4. The first-order valence-corrected chi connectivity index (χ1v) is 5.84. The summed E-state index contributed by atoms with van der Waals surface area (Å²) in [5, 5.41) is 9.02. The number of pyridine rings is 1. The topological polar surface area (TPSA) is 96.5 Å². The molecule has 0 radical (unpaired) electrons. The maximum atomic E-state index is 11.3. The number of aromatic nitrogens is 1. The van der Waals surface area contributed by atoms with Gasteiger partial charge < -0.3 is 15.7 Å². The Morgan fingerprint density at radius 3 is 2.83 bits per heavy atom. The van der Waals surface area contributed by atoms with Gasteiger partial charge in [-0.05, 0) is 25.0 Å². The number of aromatic carboxylic acids is 1. The molecule has 1 aromatic rings. The third-order valence-electron chi connectivity index (χ3n) is 2.91. The van der Waals surface area contributed by atoms with Crippen LogP contribution in [0.25, 0.3) is 0 Å². The Labute approximate surface area is 108 Å². The summed E-state index contributed by atoms with van der Waals surface area (Å²) < 4.78 is 0. The van der Waals surface area contributed by atoms with E-state index >= 15 is 0 Å². The second-order valence-corrected chi connectivity index (χ2v) is 4.47. The summed E-state index contributed by atoms with van der Waals surface area (Å²) in [7, 11) is 0. The molecule has 0 aliphatic carbocycles. The SMILES string of the molecule is NC(=O)C1CCCN1c1ccc(Cl)c(C(=O)O)n1. The fraction of sp³-hybridized carbons (Fsp3) is 0.364. The smallest absolute Gasteiger partial charge is 0.356 e. The van der Waals surface area contributed by atoms with Crippen LogP contribution in [0.1, 0.15) is 23.3 Å². The number of carbonyl (C=O) groups excluding carboxylic acids is 1. The lowest BCUT2D eigenvalue weighted by Gasteiger charge is -2.23. The molecule has 1 amide bonds. The molecule has 1 aliphatic rings. The van der Waals surface area contributed by atoms with Crippen LogP contribution in [-0.4, -0.2) is 34.6 Å². The zero-order valence-electron chi connectivity index (χ0n) is 9.47. The van der Waals surface area contributed by atoms with Crippen molar-refractivity contribution in [2.75, 3.05) is 11.4 Å². The van der Waals surface area contributed by atoms with Gasteiger partial charge in [-0.2, -0.15) is 0 Å². The van der Waals surface area contributed by atoms with Crippen molar-refractivity contribution in [2.24, 2.45) is 5.73 Å². The highest BCUT2D eigenvalue weighted by Gasteiger charge is 2.30. The van der Waals surface area contributed by atoms with Gasteiger partial charge in [-0.1, -0.05) is 11.6 Å². The van der Waals surface area contributed by atoms with E-state index in [0.717, 1.165) is 6.42 Å². The Morgan fingerprint density at radius 2 is 2.22 bits per heavy atom. The zero-order chi connectivity index (χ0) is 13.3. The first kappa shape index (κ1) is 12.6. The van der Waals surface area contributed by atoms with Crippen LogP contribution in [0.5, 0.6) is 0 Å². The predicted octanol–water partition coefficient (Wildman–Crippen LogP) is 0.887. The standard InChI is InChI=1S/C11H12ClN3O3/c12-6-3-4-8(14-9(6)11(17)18)15-5-1-2-7(15)10(13)16/h3-4,7H,1-2,5H2,(H2,13,16)(H,17,18). The van der Waals surface area contributed by atoms with Crippen LogP contribution in [0.3, 0.4) is 0 Å². The van der Waals surface area contributed by atoms with Gasteiger partial charge in [-0.15, -0.1) is 0 Å². The minimum absolute atomic E-state index is 0.0704. The number of carbonyl (C=O) groups is 2. The third-order valence-corrected chi connectivity index (χ3v) is 3.21. The van der Waals surface area contributed by atoms with Crippen molar-refractivity contribution in [3.63, 3.8) is 0 Å². The number of rotatable bonds is 3. The number of nitrogens with zero attached hydrogens (tertiary/aromatic N) is 2. The number of primary amides is 1. The van der Waals surface area contributed by atoms with E-state index in [-0.39, 0.29) is 10.7 Å². The van der Waals surface area contributed by atoms with Gasteiger partial charge in [0.25, 0.3) is 0 Å². The highest BCUT2D eigenvalue weighted by molar-refractivity contribution is 6.33. The highest BCUT2D eigenvalue weighted by atomic mass is 35.5. The summed E-state index contributed by atoms with van der Waals surface area (Å²) in [5.74, 6) is -1.21. The van der Waals surface area contributed by atoms with Crippen LogP contribution in [0, 0.1) is 0 Å². The van der Waals surface area contributed by atoms with Crippen LogP contribution in [0.4, 0.5) is 5.82 Å².